The third-order valence-electron chi connectivity index (χ3n) is 1.71. The molecule has 0 aliphatic heterocycles. The van der Waals surface area contributed by atoms with Gasteiger partial charge in [-0.2, -0.15) is 5.10 Å². The molecule has 90 valence electrons. The molecule has 1 aromatic carbocycles. The van der Waals surface area contributed by atoms with Crippen LogP contribution in [0, 0.1) is 0 Å². The van der Waals surface area contributed by atoms with Crippen molar-refractivity contribution in [3.8, 4) is 5.75 Å². The van der Waals surface area contributed by atoms with E-state index in [-0.39, 0.29) is 0 Å². The maximum Gasteiger partial charge on any atom is 0.332 e. The smallest absolute Gasteiger partial charge is 0.332 e. The lowest BCUT2D eigenvalue weighted by Crippen LogP contribution is -2.24. The van der Waals surface area contributed by atoms with Crippen LogP contribution in [0.1, 0.15) is 5.56 Å². The molecule has 0 aromatic heterocycles. The van der Waals surface area contributed by atoms with Crippen molar-refractivity contribution in [3.63, 3.8) is 0 Å². The quantitative estimate of drug-likeness (QED) is 0.478. The first kappa shape index (κ1) is 13.1. The number of primary amides is 1. The van der Waals surface area contributed by atoms with Gasteiger partial charge in [-0.3, -0.25) is 0 Å². The van der Waals surface area contributed by atoms with Crippen molar-refractivity contribution in [2.45, 2.75) is 0 Å². The third-order valence-corrected chi connectivity index (χ3v) is 1.94. The molecule has 3 N–H and O–H groups in total. The molecule has 0 aliphatic rings. The van der Waals surface area contributed by atoms with Crippen LogP contribution in [-0.4, -0.2) is 18.9 Å². The summed E-state index contributed by atoms with van der Waals surface area (Å²) in [6.45, 7) is 3.92. The second-order valence-electron chi connectivity index (χ2n) is 3.02. The third kappa shape index (κ3) is 4.56. The molecule has 0 radical (unpaired) electrons. The van der Waals surface area contributed by atoms with E-state index < -0.39 is 6.03 Å². The van der Waals surface area contributed by atoms with E-state index in [0.29, 0.717) is 22.9 Å². The molecule has 6 heteroatoms. The standard InChI is InChI=1S/C11H12ClN3O2/c1-2-5-17-10-4-3-9(12)6-8(10)7-14-15-11(13)16/h2-4,6-7H,1,5H2,(H3,13,15,16). The highest BCUT2D eigenvalue weighted by Crippen LogP contribution is 2.21. The highest BCUT2D eigenvalue weighted by atomic mass is 35.5. The minimum atomic E-state index is -0.739. The molecule has 1 rings (SSSR count). The Morgan fingerprint density at radius 1 is 1.65 bits per heavy atom. The number of carbonyl (C=O) groups is 1. The van der Waals surface area contributed by atoms with Gasteiger partial charge < -0.3 is 10.5 Å². The van der Waals surface area contributed by atoms with E-state index in [0.717, 1.165) is 0 Å². The summed E-state index contributed by atoms with van der Waals surface area (Å²) >= 11 is 5.84. The SMILES string of the molecule is C=CCOc1ccc(Cl)cc1C=NNC(N)=O. The summed E-state index contributed by atoms with van der Waals surface area (Å²) in [5.74, 6) is 0.587. The molecule has 0 fully saturated rings. The van der Waals surface area contributed by atoms with Crippen LogP contribution in [0.4, 0.5) is 4.79 Å². The van der Waals surface area contributed by atoms with Crippen molar-refractivity contribution < 1.29 is 9.53 Å². The van der Waals surface area contributed by atoms with Crippen molar-refractivity contribution in [2.24, 2.45) is 10.8 Å². The van der Waals surface area contributed by atoms with Crippen LogP contribution in [0.2, 0.25) is 5.02 Å². The van der Waals surface area contributed by atoms with Crippen molar-refractivity contribution >= 4 is 23.8 Å². The van der Waals surface area contributed by atoms with Gasteiger partial charge in [0.2, 0.25) is 0 Å². The first-order valence-corrected chi connectivity index (χ1v) is 5.13. The molecule has 0 saturated carbocycles. The van der Waals surface area contributed by atoms with Gasteiger partial charge in [0.25, 0.3) is 0 Å². The van der Waals surface area contributed by atoms with Crippen molar-refractivity contribution in [2.75, 3.05) is 6.61 Å². The lowest BCUT2D eigenvalue weighted by molar-refractivity contribution is 0.249. The van der Waals surface area contributed by atoms with E-state index >= 15 is 0 Å². The Bertz CT molecular complexity index is 446. The molecule has 0 aliphatic carbocycles. The molecule has 5 nitrogen and oxygen atoms in total. The van der Waals surface area contributed by atoms with Crippen LogP contribution in [0.3, 0.4) is 0 Å². The molecular weight excluding hydrogens is 242 g/mol. The zero-order valence-electron chi connectivity index (χ0n) is 9.02. The highest BCUT2D eigenvalue weighted by Gasteiger charge is 2.02. The van der Waals surface area contributed by atoms with Gasteiger partial charge in [-0.05, 0) is 18.2 Å². The second-order valence-corrected chi connectivity index (χ2v) is 3.45. The fraction of sp³-hybridized carbons (Fsp3) is 0.0909. The zero-order chi connectivity index (χ0) is 12.7. The van der Waals surface area contributed by atoms with Crippen LogP contribution in [0.5, 0.6) is 5.75 Å². The van der Waals surface area contributed by atoms with Gasteiger partial charge in [0, 0.05) is 10.6 Å². The zero-order valence-corrected chi connectivity index (χ0v) is 9.78. The molecule has 0 bridgehead atoms. The number of hydrogen-bond donors (Lipinski definition) is 2. The summed E-state index contributed by atoms with van der Waals surface area (Å²) in [5, 5.41) is 4.18. The molecular formula is C11H12ClN3O2. The maximum atomic E-state index is 10.4. The number of carbonyl (C=O) groups excluding carboxylic acids is 1. The topological polar surface area (TPSA) is 76.7 Å². The summed E-state index contributed by atoms with van der Waals surface area (Å²) in [6, 6.07) is 4.32. The number of nitrogens with zero attached hydrogens (tertiary/aromatic N) is 1. The van der Waals surface area contributed by atoms with E-state index in [2.05, 4.69) is 17.1 Å². The van der Waals surface area contributed by atoms with Crippen LogP contribution in [-0.2, 0) is 0 Å². The van der Waals surface area contributed by atoms with E-state index in [1.165, 1.54) is 6.21 Å². The molecule has 0 atom stereocenters. The first-order valence-electron chi connectivity index (χ1n) is 4.75. The lowest BCUT2D eigenvalue weighted by Gasteiger charge is -2.06. The number of urea groups is 1. The molecule has 2 amide bonds. The normalized spacial score (nSPS) is 10.2. The van der Waals surface area contributed by atoms with Gasteiger partial charge in [-0.25, -0.2) is 10.2 Å². The Labute approximate surface area is 104 Å². The van der Waals surface area contributed by atoms with Gasteiger partial charge >= 0.3 is 6.03 Å². The Kier molecular flexibility index (Phi) is 5.03. The Balaban J connectivity index is 2.86. The van der Waals surface area contributed by atoms with Crippen LogP contribution in [0.25, 0.3) is 0 Å². The summed E-state index contributed by atoms with van der Waals surface area (Å²) in [5.41, 5.74) is 7.59. The maximum absolute atomic E-state index is 10.4. The average Bonchev–Trinajstić information content (AvgIpc) is 2.27. The molecule has 0 saturated heterocycles. The van der Waals surface area contributed by atoms with E-state index in [1.54, 1.807) is 24.3 Å². The molecule has 0 heterocycles. The predicted octanol–water partition coefficient (Wildman–Crippen LogP) is 1.91. The fourth-order valence-corrected chi connectivity index (χ4v) is 1.25. The number of nitrogens with two attached hydrogens (primary N) is 1. The highest BCUT2D eigenvalue weighted by molar-refractivity contribution is 6.30. The Morgan fingerprint density at radius 2 is 2.41 bits per heavy atom. The minimum Gasteiger partial charge on any atom is -0.489 e. The number of ether oxygens (including phenoxy) is 1. The fourth-order valence-electron chi connectivity index (χ4n) is 1.07. The Hall–Kier alpha value is -2.01. The molecule has 0 spiro atoms. The van der Waals surface area contributed by atoms with Gasteiger partial charge in [0.1, 0.15) is 12.4 Å². The largest absolute Gasteiger partial charge is 0.489 e. The predicted molar refractivity (Wildman–Crippen MR) is 67.5 cm³/mol. The lowest BCUT2D eigenvalue weighted by atomic mass is 10.2. The van der Waals surface area contributed by atoms with E-state index in [1.807, 2.05) is 0 Å². The van der Waals surface area contributed by atoms with Crippen LogP contribution >= 0.6 is 11.6 Å². The number of nitrogens with one attached hydrogen (secondary N) is 1. The van der Waals surface area contributed by atoms with Gasteiger partial charge in [-0.1, -0.05) is 24.3 Å². The number of halogens is 1. The molecule has 0 unspecified atom stereocenters. The molecule has 17 heavy (non-hydrogen) atoms. The number of amides is 2. The summed E-state index contributed by atoms with van der Waals surface area (Å²) in [7, 11) is 0. The van der Waals surface area contributed by atoms with Crippen molar-refractivity contribution in [1.82, 2.24) is 5.43 Å². The first-order chi connectivity index (χ1) is 8.13. The van der Waals surface area contributed by atoms with Crippen LogP contribution in [0.15, 0.2) is 36.0 Å². The number of hydrazone groups is 1. The summed E-state index contributed by atoms with van der Waals surface area (Å²) in [6.07, 6.45) is 3.02. The number of benzene rings is 1. The second kappa shape index (κ2) is 6.55. The van der Waals surface area contributed by atoms with Gasteiger partial charge in [0.15, 0.2) is 0 Å². The van der Waals surface area contributed by atoms with Gasteiger partial charge in [-0.15, -0.1) is 0 Å². The van der Waals surface area contributed by atoms with E-state index in [4.69, 9.17) is 22.1 Å². The minimum absolute atomic E-state index is 0.367. The van der Waals surface area contributed by atoms with Crippen LogP contribution < -0.4 is 15.9 Å². The van der Waals surface area contributed by atoms with E-state index in [9.17, 15) is 4.79 Å². The summed E-state index contributed by atoms with van der Waals surface area (Å²) < 4.78 is 5.39. The number of rotatable bonds is 5. The number of hydrogen-bond acceptors (Lipinski definition) is 3. The van der Waals surface area contributed by atoms with Gasteiger partial charge in [0.05, 0.1) is 6.21 Å². The Morgan fingerprint density at radius 3 is 3.06 bits per heavy atom. The average molecular weight is 254 g/mol. The monoisotopic (exact) mass is 253 g/mol. The van der Waals surface area contributed by atoms with Crippen molar-refractivity contribution in [3.05, 3.63) is 41.4 Å². The molecule has 1 aromatic rings. The summed E-state index contributed by atoms with van der Waals surface area (Å²) in [4.78, 5) is 10.4. The van der Waals surface area contributed by atoms with Crippen molar-refractivity contribution in [1.29, 1.82) is 0 Å².